The third-order valence-corrected chi connectivity index (χ3v) is 26.2. The van der Waals surface area contributed by atoms with Crippen LogP contribution in [0.25, 0.3) is 175 Å². The molecule has 5 heteroatoms. The normalized spacial score (nSPS) is 12.7. The first kappa shape index (κ1) is 49.8. The van der Waals surface area contributed by atoms with E-state index >= 15 is 0 Å². The van der Waals surface area contributed by atoms with E-state index in [9.17, 15) is 0 Å². The fourth-order valence-corrected chi connectivity index (χ4v) is 23.1. The second-order valence-electron chi connectivity index (χ2n) is 25.9. The van der Waals surface area contributed by atoms with Crippen LogP contribution in [0.1, 0.15) is 0 Å². The van der Waals surface area contributed by atoms with Crippen LogP contribution in [0.5, 0.6) is 0 Å². The van der Waals surface area contributed by atoms with E-state index in [1.807, 2.05) is 0 Å². The van der Waals surface area contributed by atoms with Gasteiger partial charge in [0.2, 0.25) is 0 Å². The van der Waals surface area contributed by atoms with Gasteiger partial charge in [0.15, 0.2) is 8.07 Å². The Morgan fingerprint density at radius 1 is 0.172 bits per heavy atom. The zero-order valence-corrected chi connectivity index (χ0v) is 51.3. The summed E-state index contributed by atoms with van der Waals surface area (Å²) in [5.74, 6) is 0. The Balaban J connectivity index is 0.985. The van der Waals surface area contributed by atoms with Gasteiger partial charge in [-0.05, 0) is 170 Å². The SMILES string of the molecule is c1ccc2c([Si](c3cc(-n4c5cccc6ccc7cccc4c7c65)cc(-n4c5cccc6ccc7cccc4c7c65)c3)(c3cc(-n4c5cccc6ccc7cccc4c7c65)cc(-n4c5cccc6ccc7cccc4c7c65)c3)c3cccc4ccccc34)cccc2c1. The maximum atomic E-state index is 2.64. The quantitative estimate of drug-likeness (QED) is 0.0821. The second-order valence-corrected chi connectivity index (χ2v) is 29.6. The lowest BCUT2D eigenvalue weighted by Crippen LogP contribution is -2.75. The molecule has 22 rings (SSSR count). The summed E-state index contributed by atoms with van der Waals surface area (Å²) in [5, 5.41) is 30.4. The van der Waals surface area contributed by atoms with Crippen molar-refractivity contribution in [2.45, 2.75) is 0 Å². The number of aromatic nitrogens is 4. The lowest BCUT2D eigenvalue weighted by molar-refractivity contribution is 1.14. The highest BCUT2D eigenvalue weighted by atomic mass is 28.3. The van der Waals surface area contributed by atoms with Crippen LogP contribution < -0.4 is 20.7 Å². The van der Waals surface area contributed by atoms with Crippen LogP contribution in [0.4, 0.5) is 0 Å². The summed E-state index contributed by atoms with van der Waals surface area (Å²) in [6.45, 7) is 0. The Kier molecular flexibility index (Phi) is 9.70. The molecule has 0 fully saturated rings. The van der Waals surface area contributed by atoms with E-state index in [-0.39, 0.29) is 0 Å². The van der Waals surface area contributed by atoms with Crippen LogP contribution in [0.2, 0.25) is 0 Å². The van der Waals surface area contributed by atoms with Gasteiger partial charge in [-0.2, -0.15) is 0 Å². The van der Waals surface area contributed by atoms with Gasteiger partial charge in [-0.15, -0.1) is 0 Å². The predicted octanol–water partition coefficient (Wildman–Crippen LogP) is 20.1. The smallest absolute Gasteiger partial charge is 0.181 e. The fraction of sp³-hybridized carbons (Fsp3) is 0. The zero-order chi connectivity index (χ0) is 60.4. The van der Waals surface area contributed by atoms with E-state index in [4.69, 9.17) is 0 Å². The van der Waals surface area contributed by atoms with Crippen LogP contribution in [0.15, 0.2) is 315 Å². The van der Waals surface area contributed by atoms with E-state index in [0.717, 1.165) is 22.7 Å². The molecule has 22 aromatic rings. The van der Waals surface area contributed by atoms with E-state index in [2.05, 4.69) is 334 Å². The first-order valence-electron chi connectivity index (χ1n) is 32.4. The maximum absolute atomic E-state index is 3.88. The molecule has 0 bridgehead atoms. The van der Waals surface area contributed by atoms with Crippen LogP contribution in [-0.4, -0.2) is 26.3 Å². The summed E-state index contributed by atoms with van der Waals surface area (Å²) in [6.07, 6.45) is 0. The van der Waals surface area contributed by atoms with Crippen LogP contribution >= 0.6 is 0 Å². The van der Waals surface area contributed by atoms with Crippen molar-refractivity contribution in [2.24, 2.45) is 0 Å². The summed E-state index contributed by atoms with van der Waals surface area (Å²) in [4.78, 5) is 0. The van der Waals surface area contributed by atoms with Crippen molar-refractivity contribution in [2.75, 3.05) is 0 Å². The minimum absolute atomic E-state index is 1.12. The van der Waals surface area contributed by atoms with Gasteiger partial charge in [-0.1, -0.05) is 231 Å². The van der Waals surface area contributed by atoms with E-state index in [1.54, 1.807) is 0 Å². The summed E-state index contributed by atoms with van der Waals surface area (Å²) in [6, 6.07) is 122. The average Bonchev–Trinajstić information content (AvgIpc) is 1.64. The Labute approximate surface area is 533 Å². The first-order valence-corrected chi connectivity index (χ1v) is 34.4. The molecule has 93 heavy (non-hydrogen) atoms. The largest absolute Gasteiger partial charge is 0.309 e. The Bertz CT molecular complexity index is 5870. The van der Waals surface area contributed by atoms with Crippen LogP contribution in [-0.2, 0) is 0 Å². The number of hydrogen-bond donors (Lipinski definition) is 0. The molecule has 18 aromatic carbocycles. The molecule has 0 unspecified atom stereocenters. The van der Waals surface area contributed by atoms with Gasteiger partial charge in [-0.25, -0.2) is 0 Å². The standard InChI is InChI=1S/C88H52N4Si/c1-3-27-69-53(15-1)17-13-37-79(69)93(80-38-14-18-54-16-2-4-28-70(54)80,67-49-63(89-71-29-5-19-55-39-40-56-20-6-30-72(89)82(56)81(55)71)47-64(50-67)90-73-31-7-21-57-41-42-58-22-8-32-74(90)84(58)83(57)73)68-51-65(91-75-33-9-23-59-43-44-60-24-10-34-76(91)86(60)85(59)75)48-66(52-68)92-77-35-11-25-61-45-46-62-26-12-36-78(92)88(62)87(61)77/h1-52H. The van der Waals surface area contributed by atoms with Crippen molar-refractivity contribution in [3.63, 3.8) is 0 Å². The van der Waals surface area contributed by atoms with Gasteiger partial charge >= 0.3 is 0 Å². The number of rotatable bonds is 8. The molecule has 0 amide bonds. The number of nitrogens with zero attached hydrogens (tertiary/aromatic N) is 4. The van der Waals surface area contributed by atoms with Gasteiger partial charge < -0.3 is 18.3 Å². The van der Waals surface area contributed by atoms with Gasteiger partial charge in [0.05, 0.1) is 44.1 Å². The summed E-state index contributed by atoms with van der Waals surface area (Å²) in [7, 11) is -3.88. The molecular weight excluding hydrogens is 1140 g/mol. The zero-order valence-electron chi connectivity index (χ0n) is 50.3. The summed E-state index contributed by atoms with van der Waals surface area (Å²) >= 11 is 0. The molecule has 0 aliphatic rings. The first-order chi connectivity index (χ1) is 46.1. The molecule has 0 atom stereocenters. The number of fused-ring (bicyclic) bond motifs is 2. The lowest BCUT2D eigenvalue weighted by atomic mass is 10.0. The summed E-state index contributed by atoms with van der Waals surface area (Å²) in [5.41, 5.74) is 14.0. The molecule has 4 heterocycles. The topological polar surface area (TPSA) is 19.7 Å². The van der Waals surface area contributed by atoms with Gasteiger partial charge in [0.25, 0.3) is 0 Å². The summed E-state index contributed by atoms with van der Waals surface area (Å²) < 4.78 is 10.4. The van der Waals surface area contributed by atoms with Gasteiger partial charge in [-0.3, -0.25) is 0 Å². The molecule has 4 aromatic heterocycles. The van der Waals surface area contributed by atoms with Crippen LogP contribution in [0.3, 0.4) is 0 Å². The van der Waals surface area contributed by atoms with Crippen molar-refractivity contribution in [1.29, 1.82) is 0 Å². The van der Waals surface area contributed by atoms with Crippen LogP contribution in [0, 0.1) is 0 Å². The second kappa shape index (κ2) is 18.1. The predicted molar refractivity (Wildman–Crippen MR) is 397 cm³/mol. The molecular formula is C88H52N4Si. The Morgan fingerprint density at radius 2 is 0.376 bits per heavy atom. The molecule has 0 aliphatic heterocycles. The van der Waals surface area contributed by atoms with Crippen molar-refractivity contribution >= 4 is 181 Å². The highest BCUT2D eigenvalue weighted by Gasteiger charge is 2.45. The van der Waals surface area contributed by atoms with Gasteiger partial charge in [0, 0.05) is 65.8 Å². The van der Waals surface area contributed by atoms with E-state index in [1.165, 1.54) is 173 Å². The number of hydrogen-bond acceptors (Lipinski definition) is 0. The van der Waals surface area contributed by atoms with Crippen molar-refractivity contribution in [3.05, 3.63) is 315 Å². The van der Waals surface area contributed by atoms with E-state index < -0.39 is 8.07 Å². The lowest BCUT2D eigenvalue weighted by Gasteiger charge is -2.37. The fourth-order valence-electron chi connectivity index (χ4n) is 17.8. The van der Waals surface area contributed by atoms with Crippen molar-refractivity contribution in [3.8, 4) is 22.7 Å². The Morgan fingerprint density at radius 3 is 0.624 bits per heavy atom. The minimum Gasteiger partial charge on any atom is -0.309 e. The maximum Gasteiger partial charge on any atom is 0.181 e. The monoisotopic (exact) mass is 1190 g/mol. The molecule has 428 valence electrons. The third-order valence-electron chi connectivity index (χ3n) is 21.4. The van der Waals surface area contributed by atoms with Gasteiger partial charge in [0.1, 0.15) is 0 Å². The molecule has 0 saturated carbocycles. The molecule has 0 radical (unpaired) electrons. The molecule has 0 spiro atoms. The van der Waals surface area contributed by atoms with Crippen molar-refractivity contribution in [1.82, 2.24) is 18.3 Å². The highest BCUT2D eigenvalue weighted by molar-refractivity contribution is 7.21. The number of benzene rings is 18. The molecule has 0 N–H and O–H groups in total. The third kappa shape index (κ3) is 6.48. The van der Waals surface area contributed by atoms with Crippen molar-refractivity contribution < 1.29 is 0 Å². The highest BCUT2D eigenvalue weighted by Crippen LogP contribution is 2.45. The molecule has 4 nitrogen and oxygen atoms in total. The van der Waals surface area contributed by atoms with E-state index in [0.29, 0.717) is 0 Å². The minimum atomic E-state index is -3.88. The average molecular weight is 1190 g/mol. The molecule has 0 aliphatic carbocycles. The Hall–Kier alpha value is -12.0. The molecule has 0 saturated heterocycles.